The first kappa shape index (κ1) is 14.2. The molecule has 0 bridgehead atoms. The molecule has 4 rings (SSSR count). The molecular formula is C20H22N2O. The highest BCUT2D eigenvalue weighted by Crippen LogP contribution is 2.38. The van der Waals surface area contributed by atoms with Crippen molar-refractivity contribution in [3.63, 3.8) is 0 Å². The minimum atomic E-state index is 0.288. The van der Waals surface area contributed by atoms with E-state index in [1.165, 1.54) is 29.5 Å². The van der Waals surface area contributed by atoms with Crippen molar-refractivity contribution in [2.24, 2.45) is 5.73 Å². The summed E-state index contributed by atoms with van der Waals surface area (Å²) >= 11 is 0. The number of rotatable bonds is 4. The molecule has 0 saturated heterocycles. The number of aryl methyl sites for hydroxylation is 1. The van der Waals surface area contributed by atoms with Gasteiger partial charge < -0.3 is 15.8 Å². The van der Waals surface area contributed by atoms with Gasteiger partial charge in [-0.1, -0.05) is 36.4 Å². The van der Waals surface area contributed by atoms with Crippen LogP contribution >= 0.6 is 0 Å². The van der Waals surface area contributed by atoms with Crippen LogP contribution in [0.5, 0.6) is 5.75 Å². The average molecular weight is 306 g/mol. The molecule has 1 aliphatic heterocycles. The van der Waals surface area contributed by atoms with Crippen molar-refractivity contribution >= 4 is 0 Å². The highest BCUT2D eigenvalue weighted by molar-refractivity contribution is 5.43. The van der Waals surface area contributed by atoms with Crippen molar-refractivity contribution in [3.8, 4) is 5.75 Å². The molecule has 0 fully saturated rings. The number of benzene rings is 2. The van der Waals surface area contributed by atoms with Gasteiger partial charge in [-0.05, 0) is 54.2 Å². The lowest BCUT2D eigenvalue weighted by atomic mass is 9.93. The maximum atomic E-state index is 5.87. The normalized spacial score (nSPS) is 22.3. The largest absolute Gasteiger partial charge is 0.491 e. The van der Waals surface area contributed by atoms with E-state index in [1.807, 2.05) is 6.08 Å². The zero-order chi connectivity index (χ0) is 15.6. The van der Waals surface area contributed by atoms with Gasteiger partial charge >= 0.3 is 0 Å². The molecule has 0 spiro atoms. The zero-order valence-corrected chi connectivity index (χ0v) is 13.2. The molecular weight excluding hydrogens is 284 g/mol. The van der Waals surface area contributed by atoms with Gasteiger partial charge in [0.2, 0.25) is 0 Å². The van der Waals surface area contributed by atoms with E-state index in [4.69, 9.17) is 10.5 Å². The fourth-order valence-corrected chi connectivity index (χ4v) is 3.63. The molecule has 0 aromatic heterocycles. The van der Waals surface area contributed by atoms with E-state index in [1.54, 1.807) is 0 Å². The van der Waals surface area contributed by atoms with E-state index in [9.17, 15) is 0 Å². The lowest BCUT2D eigenvalue weighted by Gasteiger charge is -2.15. The molecule has 1 heterocycles. The second kappa shape index (κ2) is 5.99. The Morgan fingerprint density at radius 1 is 1.09 bits per heavy atom. The van der Waals surface area contributed by atoms with Gasteiger partial charge in [-0.25, -0.2) is 0 Å². The maximum Gasteiger partial charge on any atom is 0.119 e. The monoisotopic (exact) mass is 306 g/mol. The van der Waals surface area contributed by atoms with Crippen molar-refractivity contribution in [1.82, 2.24) is 5.32 Å². The third-order valence-electron chi connectivity index (χ3n) is 4.86. The molecule has 2 aliphatic rings. The first-order chi connectivity index (χ1) is 11.3. The van der Waals surface area contributed by atoms with Crippen molar-refractivity contribution in [1.29, 1.82) is 0 Å². The molecule has 2 atom stereocenters. The molecule has 3 heteroatoms. The number of nitrogens with one attached hydrogen (secondary N) is 1. The Morgan fingerprint density at radius 2 is 1.91 bits per heavy atom. The van der Waals surface area contributed by atoms with Crippen LogP contribution in [-0.2, 0) is 6.42 Å². The number of hydrogen-bond donors (Lipinski definition) is 2. The summed E-state index contributed by atoms with van der Waals surface area (Å²) < 4.78 is 5.87. The van der Waals surface area contributed by atoms with Crippen LogP contribution in [0.1, 0.15) is 35.4 Å². The van der Waals surface area contributed by atoms with E-state index in [0.717, 1.165) is 18.0 Å². The molecule has 0 radical (unpaired) electrons. The maximum absolute atomic E-state index is 5.87. The van der Waals surface area contributed by atoms with Gasteiger partial charge in [-0.2, -0.15) is 0 Å². The van der Waals surface area contributed by atoms with Crippen LogP contribution in [0.2, 0.25) is 0 Å². The quantitative estimate of drug-likeness (QED) is 0.911. The van der Waals surface area contributed by atoms with E-state index in [2.05, 4.69) is 53.8 Å². The third kappa shape index (κ3) is 2.91. The predicted octanol–water partition coefficient (Wildman–Crippen LogP) is 3.31. The Bertz CT molecular complexity index is 721. The molecule has 3 nitrogen and oxygen atoms in total. The molecule has 0 amide bonds. The molecule has 2 unspecified atom stereocenters. The van der Waals surface area contributed by atoms with Crippen LogP contribution in [-0.4, -0.2) is 12.6 Å². The molecule has 23 heavy (non-hydrogen) atoms. The van der Waals surface area contributed by atoms with Crippen molar-refractivity contribution in [3.05, 3.63) is 77.1 Å². The van der Waals surface area contributed by atoms with Gasteiger partial charge in [0.05, 0.1) is 11.9 Å². The number of nitrogens with two attached hydrogens (primary N) is 1. The Hall–Kier alpha value is -2.42. The second-order valence-corrected chi connectivity index (χ2v) is 6.41. The topological polar surface area (TPSA) is 47.3 Å². The summed E-state index contributed by atoms with van der Waals surface area (Å²) in [5, 5.41) is 3.21. The van der Waals surface area contributed by atoms with Crippen LogP contribution in [0.15, 0.2) is 60.4 Å². The SMILES string of the molecule is NC1=CCC(COc2ccc(C3CCc4ccccc43)cc2)N1. The standard InChI is InChI=1S/C20H22N2O/c21-20-12-8-16(22-20)13-23-17-9-5-15(6-10-17)19-11-7-14-3-1-2-4-18(14)19/h1-6,9-10,12,16,19,22H,7-8,11,13,21H2. The van der Waals surface area contributed by atoms with Gasteiger partial charge in [0, 0.05) is 5.92 Å². The van der Waals surface area contributed by atoms with Gasteiger partial charge in [-0.3, -0.25) is 0 Å². The van der Waals surface area contributed by atoms with Gasteiger partial charge in [-0.15, -0.1) is 0 Å². The summed E-state index contributed by atoms with van der Waals surface area (Å²) in [6.45, 7) is 0.642. The predicted molar refractivity (Wildman–Crippen MR) is 92.4 cm³/mol. The van der Waals surface area contributed by atoms with Crippen LogP contribution < -0.4 is 15.8 Å². The van der Waals surface area contributed by atoms with Crippen LogP contribution in [0.3, 0.4) is 0 Å². The van der Waals surface area contributed by atoms with Crippen LogP contribution in [0.25, 0.3) is 0 Å². The minimum Gasteiger partial charge on any atom is -0.491 e. The summed E-state index contributed by atoms with van der Waals surface area (Å²) in [5.41, 5.74) is 10.1. The van der Waals surface area contributed by atoms with Crippen molar-refractivity contribution < 1.29 is 4.74 Å². The highest BCUT2D eigenvalue weighted by atomic mass is 16.5. The molecule has 2 aromatic carbocycles. The fourth-order valence-electron chi connectivity index (χ4n) is 3.63. The lowest BCUT2D eigenvalue weighted by Crippen LogP contribution is -2.31. The highest BCUT2D eigenvalue weighted by Gasteiger charge is 2.23. The van der Waals surface area contributed by atoms with Crippen LogP contribution in [0, 0.1) is 0 Å². The summed E-state index contributed by atoms with van der Waals surface area (Å²) in [6.07, 6.45) is 5.33. The summed E-state index contributed by atoms with van der Waals surface area (Å²) in [7, 11) is 0. The Morgan fingerprint density at radius 3 is 2.70 bits per heavy atom. The van der Waals surface area contributed by atoms with Gasteiger partial charge in [0.25, 0.3) is 0 Å². The van der Waals surface area contributed by atoms with E-state index in [0.29, 0.717) is 12.5 Å². The molecule has 2 aromatic rings. The molecule has 118 valence electrons. The van der Waals surface area contributed by atoms with E-state index >= 15 is 0 Å². The van der Waals surface area contributed by atoms with Gasteiger partial charge in [0.15, 0.2) is 0 Å². The van der Waals surface area contributed by atoms with Crippen molar-refractivity contribution in [2.45, 2.75) is 31.2 Å². The summed E-state index contributed by atoms with van der Waals surface area (Å²) in [6, 6.07) is 17.7. The molecule has 3 N–H and O–H groups in total. The lowest BCUT2D eigenvalue weighted by molar-refractivity contribution is 0.278. The molecule has 1 aliphatic carbocycles. The first-order valence-corrected chi connectivity index (χ1v) is 8.32. The van der Waals surface area contributed by atoms with Crippen LogP contribution in [0.4, 0.5) is 0 Å². The number of ether oxygens (including phenoxy) is 1. The summed E-state index contributed by atoms with van der Waals surface area (Å²) in [5.74, 6) is 2.21. The smallest absolute Gasteiger partial charge is 0.119 e. The Labute approximate surface area is 137 Å². The third-order valence-corrected chi connectivity index (χ3v) is 4.86. The van der Waals surface area contributed by atoms with Crippen molar-refractivity contribution in [2.75, 3.05) is 6.61 Å². The zero-order valence-electron chi connectivity index (χ0n) is 13.2. The number of fused-ring (bicyclic) bond motifs is 1. The minimum absolute atomic E-state index is 0.288. The Balaban J connectivity index is 1.41. The molecule has 0 saturated carbocycles. The average Bonchev–Trinajstić information content (AvgIpc) is 3.20. The second-order valence-electron chi connectivity index (χ2n) is 6.41. The summed E-state index contributed by atoms with van der Waals surface area (Å²) in [4.78, 5) is 0. The number of hydrogen-bond acceptors (Lipinski definition) is 3. The van der Waals surface area contributed by atoms with Gasteiger partial charge in [0.1, 0.15) is 12.4 Å². The van der Waals surface area contributed by atoms with E-state index < -0.39 is 0 Å². The van der Waals surface area contributed by atoms with E-state index in [-0.39, 0.29) is 6.04 Å². The Kier molecular flexibility index (Phi) is 3.70. The first-order valence-electron chi connectivity index (χ1n) is 8.32. The fraction of sp³-hybridized carbons (Fsp3) is 0.300.